The third kappa shape index (κ3) is 4.05. The fraction of sp³-hybridized carbons (Fsp3) is 0.160. The lowest BCUT2D eigenvalue weighted by molar-refractivity contribution is -0.122. The molecule has 6 nitrogen and oxygen atoms in total. The van der Waals surface area contributed by atoms with Crippen LogP contribution in [-0.4, -0.2) is 28.6 Å². The van der Waals surface area contributed by atoms with Gasteiger partial charge < -0.3 is 9.30 Å². The van der Waals surface area contributed by atoms with Gasteiger partial charge >= 0.3 is 0 Å². The average Bonchev–Trinajstić information content (AvgIpc) is 3.05. The third-order valence-corrected chi connectivity index (χ3v) is 6.13. The second-order valence-electron chi connectivity index (χ2n) is 7.72. The maximum Gasteiger partial charge on any atom is 0.270 e. The van der Waals surface area contributed by atoms with Crippen molar-refractivity contribution in [2.24, 2.45) is 0 Å². The van der Waals surface area contributed by atoms with E-state index in [0.717, 1.165) is 28.2 Å². The number of thiocarbonyl (C=S) groups is 1. The molecule has 0 bridgehead atoms. The van der Waals surface area contributed by atoms with Crippen LogP contribution in [0.1, 0.15) is 22.5 Å². The van der Waals surface area contributed by atoms with Gasteiger partial charge in [-0.1, -0.05) is 29.8 Å². The lowest BCUT2D eigenvalue weighted by Crippen LogP contribution is -2.54. The molecule has 1 N–H and O–H groups in total. The Balaban J connectivity index is 1.80. The summed E-state index contributed by atoms with van der Waals surface area (Å²) in [7, 11) is 1.51. The zero-order valence-corrected chi connectivity index (χ0v) is 20.2. The first-order chi connectivity index (χ1) is 15.7. The number of aryl methyl sites for hydroxylation is 2. The van der Waals surface area contributed by atoms with Crippen LogP contribution in [0.4, 0.5) is 5.69 Å². The van der Waals surface area contributed by atoms with Gasteiger partial charge in [-0.25, -0.2) is 4.90 Å². The Labute approximate surface area is 202 Å². The number of methoxy groups -OCH3 is 1. The van der Waals surface area contributed by atoms with Gasteiger partial charge in [0.2, 0.25) is 0 Å². The molecule has 1 saturated heterocycles. The summed E-state index contributed by atoms with van der Waals surface area (Å²) in [6, 6.07) is 14.6. The van der Waals surface area contributed by atoms with E-state index in [1.165, 1.54) is 12.0 Å². The standard InChI is InChI=1S/C25H22ClN3O3S/c1-14-9-10-18(26)13-21(14)28-15(2)11-17(16(28)3)12-19-23(30)27-25(33)29(24(19)31)20-7-5-6-8-22(20)32-4/h5-13H,1-4H3,(H,27,30,33)/b19-12+. The molecule has 3 aromatic rings. The summed E-state index contributed by atoms with van der Waals surface area (Å²) in [6.07, 6.45) is 1.60. The van der Waals surface area contributed by atoms with Gasteiger partial charge in [0.1, 0.15) is 11.3 Å². The van der Waals surface area contributed by atoms with Crippen molar-refractivity contribution in [3.63, 3.8) is 0 Å². The molecule has 0 saturated carbocycles. The minimum atomic E-state index is -0.542. The summed E-state index contributed by atoms with van der Waals surface area (Å²) in [6.45, 7) is 5.91. The number of nitrogens with one attached hydrogen (secondary N) is 1. The summed E-state index contributed by atoms with van der Waals surface area (Å²) in [5, 5.41) is 3.26. The Hall–Kier alpha value is -3.42. The lowest BCUT2D eigenvalue weighted by atomic mass is 10.1. The molecular weight excluding hydrogens is 458 g/mol. The molecule has 2 amide bonds. The van der Waals surface area contributed by atoms with Crippen molar-refractivity contribution >= 4 is 52.5 Å². The van der Waals surface area contributed by atoms with Crippen molar-refractivity contribution in [1.82, 2.24) is 9.88 Å². The summed E-state index contributed by atoms with van der Waals surface area (Å²) >= 11 is 11.5. The van der Waals surface area contributed by atoms with Crippen LogP contribution in [-0.2, 0) is 9.59 Å². The maximum atomic E-state index is 13.4. The number of aromatic nitrogens is 1. The van der Waals surface area contributed by atoms with Crippen molar-refractivity contribution in [1.29, 1.82) is 0 Å². The lowest BCUT2D eigenvalue weighted by Gasteiger charge is -2.29. The minimum Gasteiger partial charge on any atom is -0.495 e. The molecule has 1 aliphatic rings. The Bertz CT molecular complexity index is 1340. The van der Waals surface area contributed by atoms with E-state index in [1.54, 1.807) is 30.3 Å². The number of ether oxygens (including phenoxy) is 1. The number of carbonyl (C=O) groups is 2. The average molecular weight is 480 g/mol. The number of nitrogens with zero attached hydrogens (tertiary/aromatic N) is 2. The highest BCUT2D eigenvalue weighted by Gasteiger charge is 2.36. The topological polar surface area (TPSA) is 63.6 Å². The number of carbonyl (C=O) groups excluding carboxylic acids is 2. The number of amides is 2. The van der Waals surface area contributed by atoms with Gasteiger partial charge in [0.25, 0.3) is 11.8 Å². The van der Waals surface area contributed by atoms with Crippen LogP contribution in [0.15, 0.2) is 54.1 Å². The summed E-state index contributed by atoms with van der Waals surface area (Å²) in [4.78, 5) is 27.5. The number of hydrogen-bond acceptors (Lipinski definition) is 4. The predicted octanol–water partition coefficient (Wildman–Crippen LogP) is 4.90. The van der Waals surface area contributed by atoms with Crippen LogP contribution in [0.5, 0.6) is 5.75 Å². The normalized spacial score (nSPS) is 15.2. The smallest absolute Gasteiger partial charge is 0.270 e. The largest absolute Gasteiger partial charge is 0.495 e. The Kier molecular flexibility index (Phi) is 6.10. The zero-order chi connectivity index (χ0) is 23.9. The van der Waals surface area contributed by atoms with Crippen LogP contribution >= 0.6 is 23.8 Å². The van der Waals surface area contributed by atoms with Gasteiger partial charge in [0, 0.05) is 22.1 Å². The van der Waals surface area contributed by atoms with Crippen LogP contribution in [0.25, 0.3) is 11.8 Å². The van der Waals surface area contributed by atoms with Gasteiger partial charge in [0.05, 0.1) is 12.8 Å². The predicted molar refractivity (Wildman–Crippen MR) is 134 cm³/mol. The summed E-state index contributed by atoms with van der Waals surface area (Å²) in [5.41, 5.74) is 5.02. The van der Waals surface area contributed by atoms with Gasteiger partial charge in [-0.05, 0) is 80.5 Å². The Morgan fingerprint density at radius 3 is 2.48 bits per heavy atom. The number of halogens is 1. The molecule has 33 heavy (non-hydrogen) atoms. The second kappa shape index (κ2) is 8.84. The van der Waals surface area contributed by atoms with E-state index in [0.29, 0.717) is 16.5 Å². The number of para-hydroxylation sites is 2. The van der Waals surface area contributed by atoms with Crippen molar-refractivity contribution in [3.8, 4) is 11.4 Å². The Morgan fingerprint density at radius 1 is 1.03 bits per heavy atom. The van der Waals surface area contributed by atoms with E-state index in [2.05, 4.69) is 9.88 Å². The second-order valence-corrected chi connectivity index (χ2v) is 8.55. The fourth-order valence-corrected chi connectivity index (χ4v) is 4.41. The highest BCUT2D eigenvalue weighted by atomic mass is 35.5. The highest BCUT2D eigenvalue weighted by molar-refractivity contribution is 7.80. The molecule has 0 unspecified atom stereocenters. The molecule has 1 aliphatic heterocycles. The molecule has 0 aliphatic carbocycles. The first-order valence-electron chi connectivity index (χ1n) is 10.2. The van der Waals surface area contributed by atoms with Crippen LogP contribution < -0.4 is 15.0 Å². The Morgan fingerprint density at radius 2 is 1.76 bits per heavy atom. The summed E-state index contributed by atoms with van der Waals surface area (Å²) in [5.74, 6) is -0.588. The molecule has 4 rings (SSSR count). The van der Waals surface area contributed by atoms with Gasteiger partial charge in [-0.15, -0.1) is 0 Å². The SMILES string of the molecule is COc1ccccc1N1C(=O)/C(=C/c2cc(C)n(-c3cc(Cl)ccc3C)c2C)C(=O)NC1=S. The summed E-state index contributed by atoms with van der Waals surface area (Å²) < 4.78 is 7.44. The molecule has 8 heteroatoms. The van der Waals surface area contributed by atoms with Crippen molar-refractivity contribution < 1.29 is 14.3 Å². The van der Waals surface area contributed by atoms with E-state index < -0.39 is 11.8 Å². The number of rotatable bonds is 4. The van der Waals surface area contributed by atoms with E-state index in [4.69, 9.17) is 28.6 Å². The van der Waals surface area contributed by atoms with Crippen molar-refractivity contribution in [2.75, 3.05) is 12.0 Å². The van der Waals surface area contributed by atoms with Gasteiger partial charge in [-0.2, -0.15) is 0 Å². The van der Waals surface area contributed by atoms with Crippen LogP contribution in [0.3, 0.4) is 0 Å². The molecule has 1 aromatic heterocycles. The monoisotopic (exact) mass is 479 g/mol. The minimum absolute atomic E-state index is 0.00618. The molecule has 2 aromatic carbocycles. The van der Waals surface area contributed by atoms with Gasteiger partial charge in [0.15, 0.2) is 5.11 Å². The van der Waals surface area contributed by atoms with Crippen LogP contribution in [0.2, 0.25) is 5.02 Å². The van der Waals surface area contributed by atoms with E-state index in [1.807, 2.05) is 45.0 Å². The van der Waals surface area contributed by atoms with Gasteiger partial charge in [-0.3, -0.25) is 14.9 Å². The molecule has 0 atom stereocenters. The van der Waals surface area contributed by atoms with Crippen molar-refractivity contribution in [2.45, 2.75) is 20.8 Å². The third-order valence-electron chi connectivity index (χ3n) is 5.61. The van der Waals surface area contributed by atoms with E-state index >= 15 is 0 Å². The molecule has 1 fully saturated rings. The molecule has 0 spiro atoms. The molecular formula is C25H22ClN3O3S. The van der Waals surface area contributed by atoms with E-state index in [9.17, 15) is 9.59 Å². The first-order valence-corrected chi connectivity index (χ1v) is 11.0. The number of anilines is 1. The molecule has 168 valence electrons. The molecule has 2 heterocycles. The zero-order valence-electron chi connectivity index (χ0n) is 18.6. The number of hydrogen-bond donors (Lipinski definition) is 1. The first kappa shape index (κ1) is 22.8. The fourth-order valence-electron chi connectivity index (χ4n) is 3.97. The quantitative estimate of drug-likeness (QED) is 0.328. The maximum absolute atomic E-state index is 13.4. The van der Waals surface area contributed by atoms with E-state index in [-0.39, 0.29) is 10.7 Å². The highest BCUT2D eigenvalue weighted by Crippen LogP contribution is 2.32. The number of benzene rings is 2. The molecule has 0 radical (unpaired) electrons. The van der Waals surface area contributed by atoms with Crippen molar-refractivity contribution in [3.05, 3.63) is 81.6 Å². The van der Waals surface area contributed by atoms with Crippen LogP contribution in [0, 0.1) is 20.8 Å².